The van der Waals surface area contributed by atoms with Crippen LogP contribution in [0.1, 0.15) is 22.3 Å². The van der Waals surface area contributed by atoms with E-state index in [2.05, 4.69) is 0 Å². The first-order chi connectivity index (χ1) is 9.09. The van der Waals surface area contributed by atoms with Crippen molar-refractivity contribution >= 4 is 17.4 Å². The third-order valence-electron chi connectivity index (χ3n) is 2.88. The van der Waals surface area contributed by atoms with Gasteiger partial charge in [-0.15, -0.1) is 0 Å². The summed E-state index contributed by atoms with van der Waals surface area (Å²) in [5.41, 5.74) is 1.19. The first-order valence-corrected chi connectivity index (χ1v) is 6.25. The van der Waals surface area contributed by atoms with E-state index in [1.165, 1.54) is 12.1 Å². The van der Waals surface area contributed by atoms with Crippen LogP contribution in [0.3, 0.4) is 0 Å². The first-order valence-electron chi connectivity index (χ1n) is 5.87. The summed E-state index contributed by atoms with van der Waals surface area (Å²) in [7, 11) is 0. The molecular weight excluding hydrogens is 264 g/mol. The van der Waals surface area contributed by atoms with Crippen LogP contribution in [0.2, 0.25) is 5.02 Å². The lowest BCUT2D eigenvalue weighted by atomic mass is 10.0. The monoisotopic (exact) mass is 276 g/mol. The minimum absolute atomic E-state index is 0.138. The molecule has 0 unspecified atom stereocenters. The maximum Gasteiger partial charge on any atom is 0.166 e. The number of carbonyl (C=O) groups is 1. The topological polar surface area (TPSA) is 57.5 Å². The summed E-state index contributed by atoms with van der Waals surface area (Å²) in [5.74, 6) is -0.804. The second kappa shape index (κ2) is 5.76. The Morgan fingerprint density at radius 3 is 2.42 bits per heavy atom. The zero-order chi connectivity index (χ0) is 13.8. The van der Waals surface area contributed by atoms with Gasteiger partial charge in [-0.25, -0.2) is 0 Å². The van der Waals surface area contributed by atoms with Crippen molar-refractivity contribution in [3.63, 3.8) is 0 Å². The number of carbonyl (C=O) groups excluding carboxylic acids is 1. The van der Waals surface area contributed by atoms with Crippen LogP contribution in [0.15, 0.2) is 42.5 Å². The highest BCUT2D eigenvalue weighted by Gasteiger charge is 2.16. The highest BCUT2D eigenvalue weighted by atomic mass is 35.5. The lowest BCUT2D eigenvalue weighted by Gasteiger charge is -2.06. The predicted molar refractivity (Wildman–Crippen MR) is 73.9 cm³/mol. The van der Waals surface area contributed by atoms with E-state index in [9.17, 15) is 15.0 Å². The highest BCUT2D eigenvalue weighted by molar-refractivity contribution is 6.34. The molecule has 0 bridgehead atoms. The molecule has 0 fully saturated rings. The number of Topliss-reactive ketones (excluding diaryl/α,β-unsaturated/α-hetero) is 1. The van der Waals surface area contributed by atoms with Crippen LogP contribution in [-0.4, -0.2) is 16.0 Å². The lowest BCUT2D eigenvalue weighted by Crippen LogP contribution is -2.02. The lowest BCUT2D eigenvalue weighted by molar-refractivity contribution is 0.0980. The first kappa shape index (κ1) is 13.4. The Kier molecular flexibility index (Phi) is 4.07. The number of phenols is 2. The van der Waals surface area contributed by atoms with Crippen LogP contribution in [-0.2, 0) is 6.42 Å². The van der Waals surface area contributed by atoms with Crippen molar-refractivity contribution in [2.45, 2.75) is 12.8 Å². The van der Waals surface area contributed by atoms with Crippen LogP contribution < -0.4 is 0 Å². The summed E-state index contributed by atoms with van der Waals surface area (Å²) >= 11 is 5.69. The van der Waals surface area contributed by atoms with E-state index in [1.807, 2.05) is 30.3 Å². The number of aromatic hydroxyl groups is 2. The van der Waals surface area contributed by atoms with Crippen LogP contribution in [0.5, 0.6) is 11.5 Å². The zero-order valence-electron chi connectivity index (χ0n) is 10.1. The molecule has 19 heavy (non-hydrogen) atoms. The Bertz CT molecular complexity index is 594. The van der Waals surface area contributed by atoms with E-state index in [0.717, 1.165) is 5.56 Å². The molecule has 2 N–H and O–H groups in total. The summed E-state index contributed by atoms with van der Waals surface area (Å²) in [5, 5.41) is 18.9. The van der Waals surface area contributed by atoms with Gasteiger partial charge in [0.15, 0.2) is 5.78 Å². The largest absolute Gasteiger partial charge is 0.506 e. The highest BCUT2D eigenvalue weighted by Crippen LogP contribution is 2.35. The molecule has 0 atom stereocenters. The van der Waals surface area contributed by atoms with E-state index < -0.39 is 0 Å². The van der Waals surface area contributed by atoms with Crippen LogP contribution in [0, 0.1) is 0 Å². The standard InChI is InChI=1S/C15H13ClO3/c16-14-13(18)9-7-11(15(14)19)12(17)8-6-10-4-2-1-3-5-10/h1-5,7,9,18-19H,6,8H2. The summed E-state index contributed by atoms with van der Waals surface area (Å²) in [4.78, 5) is 12.0. The maximum atomic E-state index is 12.0. The predicted octanol–water partition coefficient (Wildman–Crippen LogP) is 3.57. The number of halogens is 1. The fourth-order valence-corrected chi connectivity index (χ4v) is 1.98. The molecule has 3 nitrogen and oxygen atoms in total. The van der Waals surface area contributed by atoms with Crippen molar-refractivity contribution in [2.75, 3.05) is 0 Å². The second-order valence-electron chi connectivity index (χ2n) is 4.20. The van der Waals surface area contributed by atoms with Crippen molar-refractivity contribution in [1.82, 2.24) is 0 Å². The van der Waals surface area contributed by atoms with Gasteiger partial charge in [-0.2, -0.15) is 0 Å². The molecule has 0 spiro atoms. The van der Waals surface area contributed by atoms with Crippen molar-refractivity contribution in [3.05, 3.63) is 58.6 Å². The van der Waals surface area contributed by atoms with E-state index in [0.29, 0.717) is 6.42 Å². The van der Waals surface area contributed by atoms with E-state index in [4.69, 9.17) is 11.6 Å². The van der Waals surface area contributed by atoms with Crippen molar-refractivity contribution in [1.29, 1.82) is 0 Å². The molecule has 0 saturated carbocycles. The Labute approximate surface area is 116 Å². The molecule has 4 heteroatoms. The summed E-state index contributed by atoms with van der Waals surface area (Å²) in [6, 6.07) is 12.3. The van der Waals surface area contributed by atoms with Crippen molar-refractivity contribution < 1.29 is 15.0 Å². The number of hydrogen-bond donors (Lipinski definition) is 2. The number of benzene rings is 2. The van der Waals surface area contributed by atoms with Gasteiger partial charge in [0, 0.05) is 6.42 Å². The molecule has 0 amide bonds. The van der Waals surface area contributed by atoms with Gasteiger partial charge < -0.3 is 10.2 Å². The Balaban J connectivity index is 2.11. The third-order valence-corrected chi connectivity index (χ3v) is 3.25. The van der Waals surface area contributed by atoms with E-state index in [1.54, 1.807) is 0 Å². The van der Waals surface area contributed by atoms with Crippen LogP contribution in [0.4, 0.5) is 0 Å². The Hall–Kier alpha value is -2.00. The van der Waals surface area contributed by atoms with Gasteiger partial charge in [0.25, 0.3) is 0 Å². The van der Waals surface area contributed by atoms with Crippen LogP contribution >= 0.6 is 11.6 Å². The smallest absolute Gasteiger partial charge is 0.166 e. The van der Waals surface area contributed by atoms with E-state index in [-0.39, 0.29) is 34.3 Å². The zero-order valence-corrected chi connectivity index (χ0v) is 10.9. The van der Waals surface area contributed by atoms with E-state index >= 15 is 0 Å². The van der Waals surface area contributed by atoms with Gasteiger partial charge in [-0.1, -0.05) is 41.9 Å². The minimum Gasteiger partial charge on any atom is -0.506 e. The van der Waals surface area contributed by atoms with Crippen molar-refractivity contribution in [3.8, 4) is 11.5 Å². The van der Waals surface area contributed by atoms with Gasteiger partial charge in [0.05, 0.1) is 5.56 Å². The fraction of sp³-hybridized carbons (Fsp3) is 0.133. The Morgan fingerprint density at radius 1 is 1.05 bits per heavy atom. The summed E-state index contributed by atoms with van der Waals surface area (Å²) in [6.45, 7) is 0. The molecule has 98 valence electrons. The second-order valence-corrected chi connectivity index (χ2v) is 4.58. The van der Waals surface area contributed by atoms with Crippen molar-refractivity contribution in [2.24, 2.45) is 0 Å². The van der Waals surface area contributed by atoms with Gasteiger partial charge in [0.2, 0.25) is 0 Å². The molecule has 0 aliphatic rings. The number of rotatable bonds is 4. The van der Waals surface area contributed by atoms with Gasteiger partial charge in [-0.3, -0.25) is 4.79 Å². The molecule has 2 aromatic rings. The average Bonchev–Trinajstić information content (AvgIpc) is 2.43. The quantitative estimate of drug-likeness (QED) is 0.840. The number of phenolic OH excluding ortho intramolecular Hbond substituents is 2. The number of hydrogen-bond acceptors (Lipinski definition) is 3. The molecule has 2 aromatic carbocycles. The molecule has 0 aromatic heterocycles. The summed E-state index contributed by atoms with van der Waals surface area (Å²) in [6.07, 6.45) is 0.871. The molecular formula is C15H13ClO3. The molecule has 0 radical (unpaired) electrons. The molecule has 2 rings (SSSR count). The minimum atomic E-state index is -0.361. The van der Waals surface area contributed by atoms with Gasteiger partial charge in [0.1, 0.15) is 16.5 Å². The number of aryl methyl sites for hydroxylation is 1. The summed E-state index contributed by atoms with van der Waals surface area (Å²) < 4.78 is 0. The molecule has 0 heterocycles. The third kappa shape index (κ3) is 3.06. The number of ketones is 1. The van der Waals surface area contributed by atoms with Gasteiger partial charge in [-0.05, 0) is 24.1 Å². The SMILES string of the molecule is O=C(CCc1ccccc1)c1ccc(O)c(Cl)c1O. The van der Waals surface area contributed by atoms with Crippen LogP contribution in [0.25, 0.3) is 0 Å². The fourth-order valence-electron chi connectivity index (χ4n) is 1.82. The Morgan fingerprint density at radius 2 is 1.74 bits per heavy atom. The normalized spacial score (nSPS) is 10.4. The molecule has 0 saturated heterocycles. The molecule has 0 aliphatic heterocycles. The molecule has 0 aliphatic carbocycles. The maximum absolute atomic E-state index is 12.0. The van der Waals surface area contributed by atoms with Gasteiger partial charge >= 0.3 is 0 Å². The average molecular weight is 277 g/mol.